The van der Waals surface area contributed by atoms with Gasteiger partial charge in [-0.15, -0.1) is 13.2 Å². The Morgan fingerprint density at radius 2 is 1.82 bits per heavy atom. The van der Waals surface area contributed by atoms with Crippen LogP contribution in [0, 0.1) is 0 Å². The number of alkyl halides is 3. The van der Waals surface area contributed by atoms with Crippen LogP contribution in [-0.4, -0.2) is 46.1 Å². The van der Waals surface area contributed by atoms with Crippen LogP contribution in [0.4, 0.5) is 13.2 Å². The van der Waals surface area contributed by atoms with Crippen molar-refractivity contribution in [3.8, 4) is 11.6 Å². The number of halogens is 4. The predicted octanol–water partition coefficient (Wildman–Crippen LogP) is 3.19. The smallest absolute Gasteiger partial charge is 0.479 e. The van der Waals surface area contributed by atoms with E-state index < -0.39 is 41.2 Å². The molecular formula is C22H17ClF3N3O5. The fourth-order valence-corrected chi connectivity index (χ4v) is 5.02. The number of ketones is 1. The lowest BCUT2D eigenvalue weighted by atomic mass is 9.44. The Morgan fingerprint density at radius 3 is 2.47 bits per heavy atom. The van der Waals surface area contributed by atoms with Gasteiger partial charge in [0.15, 0.2) is 11.9 Å². The van der Waals surface area contributed by atoms with Crippen molar-refractivity contribution in [3.63, 3.8) is 0 Å². The second-order valence-corrected chi connectivity index (χ2v) is 9.28. The number of nitrogens with zero attached hydrogens (tertiary/aromatic N) is 1. The number of Topliss-reactive ketones (excluding diaryl/α,β-unsaturated/α-hetero) is 1. The van der Waals surface area contributed by atoms with Crippen molar-refractivity contribution in [2.24, 2.45) is 0 Å². The highest BCUT2D eigenvalue weighted by molar-refractivity contribution is 6.31. The number of hydrogen-bond acceptors (Lipinski definition) is 6. The van der Waals surface area contributed by atoms with E-state index in [2.05, 4.69) is 20.4 Å². The van der Waals surface area contributed by atoms with E-state index in [1.165, 1.54) is 12.1 Å². The lowest BCUT2D eigenvalue weighted by Gasteiger charge is -2.70. The summed E-state index contributed by atoms with van der Waals surface area (Å²) < 4.78 is 46.1. The topological polar surface area (TPSA) is 107 Å². The Bertz CT molecular complexity index is 1180. The summed E-state index contributed by atoms with van der Waals surface area (Å²) in [5, 5.41) is 6.19. The minimum atomic E-state index is -4.87. The van der Waals surface area contributed by atoms with Crippen molar-refractivity contribution in [2.75, 3.05) is 0 Å². The molecule has 34 heavy (non-hydrogen) atoms. The molecule has 12 heteroatoms. The van der Waals surface area contributed by atoms with Crippen LogP contribution in [0.2, 0.25) is 5.02 Å². The van der Waals surface area contributed by atoms with Crippen LogP contribution in [0.1, 0.15) is 46.4 Å². The van der Waals surface area contributed by atoms with E-state index in [0.29, 0.717) is 35.6 Å². The molecule has 2 bridgehead atoms. The molecule has 2 aromatic rings. The standard InChI is InChI=1S/C22H17ClF3N3O5/c23-12-2-3-15-13(5-12)14(30)6-16(33-15)19(32)29-21-8-20(9-21,10-21)28-18(31)11-1-4-17(27-7-11)34-22(24,25)26/h1-5,7,16H,6,8-10H2,(H,28,31)(H,29,32)/t16-,20?,21?/m1/s1. The third-order valence-electron chi connectivity index (χ3n) is 6.19. The van der Waals surface area contributed by atoms with E-state index >= 15 is 0 Å². The molecular weight excluding hydrogens is 479 g/mol. The van der Waals surface area contributed by atoms with Gasteiger partial charge >= 0.3 is 6.36 Å². The summed E-state index contributed by atoms with van der Waals surface area (Å²) >= 11 is 5.91. The van der Waals surface area contributed by atoms with Crippen LogP contribution in [0.25, 0.3) is 0 Å². The number of aromatic nitrogens is 1. The quantitative estimate of drug-likeness (QED) is 0.660. The van der Waals surface area contributed by atoms with Crippen molar-refractivity contribution >= 4 is 29.2 Å². The second-order valence-electron chi connectivity index (χ2n) is 8.84. The Balaban J connectivity index is 1.14. The fraction of sp³-hybridized carbons (Fsp3) is 0.364. The number of fused-ring (bicyclic) bond motifs is 1. The van der Waals surface area contributed by atoms with E-state index in [1.54, 1.807) is 12.1 Å². The van der Waals surface area contributed by atoms with Crippen molar-refractivity contribution in [3.05, 3.63) is 52.7 Å². The highest BCUT2D eigenvalue weighted by Gasteiger charge is 2.69. The van der Waals surface area contributed by atoms with Crippen molar-refractivity contribution in [1.82, 2.24) is 15.6 Å². The highest BCUT2D eigenvalue weighted by atomic mass is 35.5. The zero-order chi connectivity index (χ0) is 24.3. The van der Waals surface area contributed by atoms with Crippen LogP contribution in [-0.2, 0) is 4.79 Å². The number of pyridine rings is 1. The Morgan fingerprint density at radius 1 is 1.12 bits per heavy atom. The molecule has 178 valence electrons. The number of amides is 2. The molecule has 3 fully saturated rings. The zero-order valence-corrected chi connectivity index (χ0v) is 18.1. The molecule has 0 spiro atoms. The Hall–Kier alpha value is -3.34. The number of benzene rings is 1. The third kappa shape index (κ3) is 4.15. The van der Waals surface area contributed by atoms with Gasteiger partial charge in [0.2, 0.25) is 5.88 Å². The molecule has 0 saturated heterocycles. The number of ether oxygens (including phenoxy) is 2. The van der Waals surface area contributed by atoms with Gasteiger partial charge in [-0.05, 0) is 43.5 Å². The lowest BCUT2D eigenvalue weighted by molar-refractivity contribution is -0.276. The monoisotopic (exact) mass is 495 g/mol. The predicted molar refractivity (Wildman–Crippen MR) is 111 cm³/mol. The van der Waals surface area contributed by atoms with Gasteiger partial charge in [0.05, 0.1) is 17.5 Å². The Labute approximate surface area is 195 Å². The van der Waals surface area contributed by atoms with E-state index in [4.69, 9.17) is 16.3 Å². The van der Waals surface area contributed by atoms with Gasteiger partial charge in [-0.3, -0.25) is 14.4 Å². The minimum Gasteiger partial charge on any atom is -0.479 e. The first kappa shape index (κ1) is 22.5. The maximum atomic E-state index is 12.7. The number of carbonyl (C=O) groups is 3. The number of hydrogen-bond donors (Lipinski definition) is 2. The number of nitrogens with one attached hydrogen (secondary N) is 2. The molecule has 1 aliphatic heterocycles. The molecule has 1 aromatic heterocycles. The summed E-state index contributed by atoms with van der Waals surface area (Å²) in [6.07, 6.45) is -3.44. The fourth-order valence-electron chi connectivity index (χ4n) is 4.84. The van der Waals surface area contributed by atoms with Crippen LogP contribution < -0.4 is 20.1 Å². The highest BCUT2D eigenvalue weighted by Crippen LogP contribution is 2.60. The normalized spacial score (nSPS) is 26.8. The van der Waals surface area contributed by atoms with Crippen molar-refractivity contribution < 1.29 is 37.0 Å². The van der Waals surface area contributed by atoms with Gasteiger partial charge in [0, 0.05) is 28.4 Å². The van der Waals surface area contributed by atoms with Crippen molar-refractivity contribution in [1.29, 1.82) is 0 Å². The summed E-state index contributed by atoms with van der Waals surface area (Å²) in [5.41, 5.74) is -0.556. The molecule has 1 aromatic carbocycles. The van der Waals surface area contributed by atoms with Gasteiger partial charge in [0.25, 0.3) is 11.8 Å². The van der Waals surface area contributed by atoms with E-state index in [1.807, 2.05) is 0 Å². The summed E-state index contributed by atoms with van der Waals surface area (Å²) in [6, 6.07) is 6.79. The van der Waals surface area contributed by atoms with Crippen LogP contribution in [0.15, 0.2) is 36.5 Å². The van der Waals surface area contributed by atoms with E-state index in [0.717, 1.165) is 12.3 Å². The molecule has 2 heterocycles. The van der Waals surface area contributed by atoms with Gasteiger partial charge in [0.1, 0.15) is 5.75 Å². The van der Waals surface area contributed by atoms with Crippen LogP contribution in [0.5, 0.6) is 11.6 Å². The lowest BCUT2D eigenvalue weighted by Crippen LogP contribution is -2.84. The number of rotatable bonds is 5. The van der Waals surface area contributed by atoms with E-state index in [-0.39, 0.29) is 17.8 Å². The largest absolute Gasteiger partial charge is 0.574 e. The molecule has 0 radical (unpaired) electrons. The van der Waals surface area contributed by atoms with Gasteiger partial charge in [-0.2, -0.15) is 0 Å². The maximum absolute atomic E-state index is 12.7. The first-order chi connectivity index (χ1) is 15.9. The molecule has 4 aliphatic rings. The maximum Gasteiger partial charge on any atom is 0.574 e. The van der Waals surface area contributed by atoms with Crippen molar-refractivity contribution in [2.45, 2.75) is 49.2 Å². The second kappa shape index (κ2) is 7.59. The molecule has 8 nitrogen and oxygen atoms in total. The molecule has 1 atom stereocenters. The average Bonchev–Trinajstić information content (AvgIpc) is 2.70. The van der Waals surface area contributed by atoms with Gasteiger partial charge in [-0.25, -0.2) is 4.98 Å². The molecule has 2 amide bonds. The molecule has 2 N–H and O–H groups in total. The Kier molecular flexibility index (Phi) is 5.01. The van der Waals surface area contributed by atoms with Gasteiger partial charge in [-0.1, -0.05) is 11.6 Å². The van der Waals surface area contributed by atoms with Gasteiger partial charge < -0.3 is 20.1 Å². The molecule has 0 unspecified atom stereocenters. The molecule has 6 rings (SSSR count). The van der Waals surface area contributed by atoms with E-state index in [9.17, 15) is 27.6 Å². The first-order valence-electron chi connectivity index (χ1n) is 10.3. The SMILES string of the molecule is O=C(NC12CC(NC(=O)[C@H]3CC(=O)c4cc(Cl)ccc4O3)(C1)C2)c1ccc(OC(F)(F)F)nc1. The van der Waals surface area contributed by atoms with Crippen LogP contribution in [0.3, 0.4) is 0 Å². The zero-order valence-electron chi connectivity index (χ0n) is 17.4. The summed E-state index contributed by atoms with van der Waals surface area (Å²) in [4.78, 5) is 41.1. The molecule has 3 aliphatic carbocycles. The third-order valence-corrected chi connectivity index (χ3v) is 6.43. The van der Waals surface area contributed by atoms with Crippen LogP contribution >= 0.6 is 11.6 Å². The minimum absolute atomic E-state index is 0.0882. The molecule has 3 saturated carbocycles. The summed E-state index contributed by atoms with van der Waals surface area (Å²) in [7, 11) is 0. The first-order valence-corrected chi connectivity index (χ1v) is 10.7. The summed E-state index contributed by atoms with van der Waals surface area (Å²) in [5.74, 6) is -1.47. The number of carbonyl (C=O) groups excluding carboxylic acids is 3. The average molecular weight is 496 g/mol. The summed E-state index contributed by atoms with van der Waals surface area (Å²) in [6.45, 7) is 0.